The summed E-state index contributed by atoms with van der Waals surface area (Å²) in [7, 11) is 1.39. The van der Waals surface area contributed by atoms with Crippen molar-refractivity contribution in [3.8, 4) is 0 Å². The van der Waals surface area contributed by atoms with Crippen molar-refractivity contribution in [2.45, 2.75) is 64.1 Å². The first-order valence-electron chi connectivity index (χ1n) is 11.0. The number of nitrogens with one attached hydrogen (secondary N) is 1. The van der Waals surface area contributed by atoms with Gasteiger partial charge < -0.3 is 15.2 Å². The largest absolute Gasteiger partial charge is 0.465 e. The molecule has 1 amide bonds. The normalized spacial score (nSPS) is 18.2. The predicted molar refractivity (Wildman–Crippen MR) is 122 cm³/mol. The summed E-state index contributed by atoms with van der Waals surface area (Å²) in [5, 5.41) is 15.6. The van der Waals surface area contributed by atoms with Crippen molar-refractivity contribution in [2.75, 3.05) is 20.2 Å². The first kappa shape index (κ1) is 23.2. The van der Waals surface area contributed by atoms with Crippen molar-refractivity contribution < 1.29 is 19.4 Å². The van der Waals surface area contributed by atoms with E-state index in [1.165, 1.54) is 7.11 Å². The van der Waals surface area contributed by atoms with Crippen LogP contribution in [0, 0.1) is 0 Å². The number of nitrogens with zero attached hydrogens (tertiary/aromatic N) is 1. The molecule has 0 aliphatic carbocycles. The number of carbonyl (C=O) groups excluding carboxylic acids is 2. The molecule has 0 aromatic heterocycles. The predicted octanol–water partition coefficient (Wildman–Crippen LogP) is 3.30. The minimum atomic E-state index is -0.583. The number of β-amino-alcohol motifs (C(OH)–C–C–N with tert-alkyl or cyclic N) is 1. The molecule has 6 heteroatoms. The van der Waals surface area contributed by atoms with Crippen LogP contribution in [0.2, 0.25) is 0 Å². The van der Waals surface area contributed by atoms with Crippen LogP contribution in [-0.4, -0.2) is 59.8 Å². The Morgan fingerprint density at radius 3 is 2.68 bits per heavy atom. The third-order valence-electron chi connectivity index (χ3n) is 5.76. The fourth-order valence-corrected chi connectivity index (χ4v) is 4.35. The highest BCUT2D eigenvalue weighted by Crippen LogP contribution is 2.25. The van der Waals surface area contributed by atoms with Crippen molar-refractivity contribution in [1.82, 2.24) is 10.2 Å². The van der Waals surface area contributed by atoms with E-state index in [-0.39, 0.29) is 23.5 Å². The number of ether oxygens (including phenoxy) is 1. The average Bonchev–Trinajstić information content (AvgIpc) is 3.18. The number of benzene rings is 2. The lowest BCUT2D eigenvalue weighted by Crippen LogP contribution is -2.51. The lowest BCUT2D eigenvalue weighted by molar-refractivity contribution is -0.127. The Labute approximate surface area is 184 Å². The number of rotatable bonds is 7. The minimum absolute atomic E-state index is 0.0275. The fourth-order valence-electron chi connectivity index (χ4n) is 4.35. The number of aryl methyl sites for hydroxylation is 1. The van der Waals surface area contributed by atoms with E-state index in [0.717, 1.165) is 35.7 Å². The standard InChI is InChI=1S/C25H34N2O4/c1-25(2,3)26-23(29)21-10-7-15-27(21)16-19(28)14-13-18-12-11-17-8-5-6-9-20(17)22(18)24(30)31-4/h5-6,8-9,11-12,19,21,28H,7,10,13-16H2,1-4H3,(H,26,29)/t19-,21-/m0/s1. The van der Waals surface area contributed by atoms with Gasteiger partial charge >= 0.3 is 5.97 Å². The summed E-state index contributed by atoms with van der Waals surface area (Å²) in [6.45, 7) is 7.18. The van der Waals surface area contributed by atoms with Gasteiger partial charge in [-0.25, -0.2) is 4.79 Å². The van der Waals surface area contributed by atoms with E-state index in [0.29, 0.717) is 24.9 Å². The molecule has 0 bridgehead atoms. The highest BCUT2D eigenvalue weighted by atomic mass is 16.5. The summed E-state index contributed by atoms with van der Waals surface area (Å²) in [4.78, 5) is 27.2. The minimum Gasteiger partial charge on any atom is -0.465 e. The van der Waals surface area contributed by atoms with Crippen LogP contribution in [-0.2, 0) is 16.0 Å². The molecule has 2 atom stereocenters. The number of esters is 1. The Bertz CT molecular complexity index is 935. The molecule has 1 saturated heterocycles. The molecule has 31 heavy (non-hydrogen) atoms. The van der Waals surface area contributed by atoms with Gasteiger partial charge in [-0.15, -0.1) is 0 Å². The Morgan fingerprint density at radius 2 is 1.97 bits per heavy atom. The van der Waals surface area contributed by atoms with Gasteiger partial charge in [0.15, 0.2) is 0 Å². The van der Waals surface area contributed by atoms with Crippen molar-refractivity contribution >= 4 is 22.6 Å². The van der Waals surface area contributed by atoms with Crippen LogP contribution in [0.1, 0.15) is 56.0 Å². The van der Waals surface area contributed by atoms with Gasteiger partial charge in [0.25, 0.3) is 0 Å². The van der Waals surface area contributed by atoms with Gasteiger partial charge in [-0.05, 0) is 69.3 Å². The third kappa shape index (κ3) is 5.83. The van der Waals surface area contributed by atoms with Crippen LogP contribution >= 0.6 is 0 Å². The molecule has 168 valence electrons. The van der Waals surface area contributed by atoms with E-state index < -0.39 is 6.10 Å². The van der Waals surface area contributed by atoms with Crippen LogP contribution in [0.25, 0.3) is 10.8 Å². The molecule has 1 aliphatic rings. The van der Waals surface area contributed by atoms with Gasteiger partial charge in [-0.3, -0.25) is 9.69 Å². The second-order valence-corrected chi connectivity index (χ2v) is 9.40. The van der Waals surface area contributed by atoms with Crippen molar-refractivity contribution in [3.63, 3.8) is 0 Å². The zero-order valence-corrected chi connectivity index (χ0v) is 19.0. The van der Waals surface area contributed by atoms with Gasteiger partial charge in [0, 0.05) is 12.1 Å². The van der Waals surface area contributed by atoms with Crippen molar-refractivity contribution in [2.24, 2.45) is 0 Å². The number of carbonyl (C=O) groups is 2. The number of aliphatic hydroxyl groups is 1. The SMILES string of the molecule is COC(=O)c1c(CC[C@H](O)CN2CCC[C@H]2C(=O)NC(C)(C)C)ccc2ccccc12. The van der Waals surface area contributed by atoms with E-state index >= 15 is 0 Å². The summed E-state index contributed by atoms with van der Waals surface area (Å²) < 4.78 is 5.03. The van der Waals surface area contributed by atoms with Gasteiger partial charge in [-0.2, -0.15) is 0 Å². The maximum absolute atomic E-state index is 12.6. The Balaban J connectivity index is 1.67. The maximum Gasteiger partial charge on any atom is 0.338 e. The smallest absolute Gasteiger partial charge is 0.338 e. The van der Waals surface area contributed by atoms with Gasteiger partial charge in [-0.1, -0.05) is 36.4 Å². The Morgan fingerprint density at radius 1 is 1.23 bits per heavy atom. The van der Waals surface area contributed by atoms with Crippen molar-refractivity contribution in [1.29, 1.82) is 0 Å². The third-order valence-corrected chi connectivity index (χ3v) is 5.76. The molecular formula is C25H34N2O4. The zero-order chi connectivity index (χ0) is 22.6. The van der Waals surface area contributed by atoms with Gasteiger partial charge in [0.1, 0.15) is 0 Å². The van der Waals surface area contributed by atoms with Crippen LogP contribution in [0.3, 0.4) is 0 Å². The molecule has 1 heterocycles. The molecule has 2 N–H and O–H groups in total. The molecule has 0 radical (unpaired) electrons. The monoisotopic (exact) mass is 426 g/mol. The number of methoxy groups -OCH3 is 1. The van der Waals surface area contributed by atoms with E-state index in [2.05, 4.69) is 10.2 Å². The second-order valence-electron chi connectivity index (χ2n) is 9.40. The molecule has 0 saturated carbocycles. The van der Waals surface area contributed by atoms with Gasteiger partial charge in [0.05, 0.1) is 24.8 Å². The molecule has 2 aromatic carbocycles. The number of likely N-dealkylation sites (tertiary alicyclic amines) is 1. The van der Waals surface area contributed by atoms with Crippen LogP contribution in [0.15, 0.2) is 36.4 Å². The molecular weight excluding hydrogens is 392 g/mol. The quantitative estimate of drug-likeness (QED) is 0.664. The van der Waals surface area contributed by atoms with Crippen LogP contribution < -0.4 is 5.32 Å². The van der Waals surface area contributed by atoms with E-state index in [9.17, 15) is 14.7 Å². The van der Waals surface area contributed by atoms with E-state index in [1.807, 2.05) is 57.2 Å². The number of amides is 1. The zero-order valence-electron chi connectivity index (χ0n) is 19.0. The number of aliphatic hydroxyl groups excluding tert-OH is 1. The molecule has 2 aromatic rings. The number of fused-ring (bicyclic) bond motifs is 1. The Kier molecular flexibility index (Phi) is 7.34. The maximum atomic E-state index is 12.6. The lowest BCUT2D eigenvalue weighted by atomic mass is 9.95. The summed E-state index contributed by atoms with van der Waals surface area (Å²) in [6, 6.07) is 11.5. The summed E-state index contributed by atoms with van der Waals surface area (Å²) >= 11 is 0. The highest BCUT2D eigenvalue weighted by molar-refractivity contribution is 6.05. The lowest BCUT2D eigenvalue weighted by Gasteiger charge is -2.29. The molecule has 0 spiro atoms. The topological polar surface area (TPSA) is 78.9 Å². The molecule has 6 nitrogen and oxygen atoms in total. The second kappa shape index (κ2) is 9.79. The number of hydrogen-bond acceptors (Lipinski definition) is 5. The summed E-state index contributed by atoms with van der Waals surface area (Å²) in [5.41, 5.74) is 1.16. The first-order chi connectivity index (χ1) is 14.7. The van der Waals surface area contributed by atoms with Crippen LogP contribution in [0.4, 0.5) is 0 Å². The van der Waals surface area contributed by atoms with Crippen molar-refractivity contribution in [3.05, 3.63) is 47.5 Å². The van der Waals surface area contributed by atoms with Crippen LogP contribution in [0.5, 0.6) is 0 Å². The molecule has 1 fully saturated rings. The summed E-state index contributed by atoms with van der Waals surface area (Å²) in [6.07, 6.45) is 2.24. The summed E-state index contributed by atoms with van der Waals surface area (Å²) in [5.74, 6) is -0.334. The van der Waals surface area contributed by atoms with E-state index in [1.54, 1.807) is 0 Å². The molecule has 3 rings (SSSR count). The fraction of sp³-hybridized carbons (Fsp3) is 0.520. The molecule has 1 aliphatic heterocycles. The number of hydrogen-bond donors (Lipinski definition) is 2. The van der Waals surface area contributed by atoms with E-state index in [4.69, 9.17) is 4.74 Å². The average molecular weight is 427 g/mol. The highest BCUT2D eigenvalue weighted by Gasteiger charge is 2.33. The first-order valence-corrected chi connectivity index (χ1v) is 11.0. The molecule has 0 unspecified atom stereocenters. The van der Waals surface area contributed by atoms with Gasteiger partial charge in [0.2, 0.25) is 5.91 Å². The Hall–Kier alpha value is -2.44.